The zero-order valence-electron chi connectivity index (χ0n) is 8.41. The van der Waals surface area contributed by atoms with Crippen LogP contribution in [0, 0.1) is 5.41 Å². The summed E-state index contributed by atoms with van der Waals surface area (Å²) in [6, 6.07) is 0. The Bertz CT molecular complexity index is 255. The Balaban J connectivity index is 2.00. The van der Waals surface area contributed by atoms with Crippen molar-refractivity contribution in [1.29, 1.82) is 0 Å². The van der Waals surface area contributed by atoms with E-state index in [0.29, 0.717) is 39.0 Å². The minimum atomic E-state index is -0.0191. The molecule has 0 aromatic heterocycles. The summed E-state index contributed by atoms with van der Waals surface area (Å²) in [4.78, 5) is 24.4. The predicted octanol–water partition coefficient (Wildman–Crippen LogP) is 0.562. The third-order valence-corrected chi connectivity index (χ3v) is 2.82. The predicted molar refractivity (Wildman–Crippen MR) is 49.5 cm³/mol. The highest BCUT2D eigenvalue weighted by atomic mass is 16.5. The van der Waals surface area contributed by atoms with Gasteiger partial charge in [-0.2, -0.15) is 0 Å². The zero-order valence-corrected chi connectivity index (χ0v) is 8.41. The first-order chi connectivity index (χ1) is 6.61. The molecule has 0 atom stereocenters. The van der Waals surface area contributed by atoms with Gasteiger partial charge in [-0.25, -0.2) is 0 Å². The van der Waals surface area contributed by atoms with E-state index in [1.807, 2.05) is 6.92 Å². The fourth-order valence-corrected chi connectivity index (χ4v) is 1.90. The van der Waals surface area contributed by atoms with Gasteiger partial charge < -0.3 is 4.74 Å². The molecule has 4 heteroatoms. The summed E-state index contributed by atoms with van der Waals surface area (Å²) in [5.41, 5.74) is 0.00264. The van der Waals surface area contributed by atoms with E-state index in [0.717, 1.165) is 0 Å². The quantitative estimate of drug-likeness (QED) is 0.608. The van der Waals surface area contributed by atoms with Crippen molar-refractivity contribution in [1.82, 2.24) is 4.90 Å². The van der Waals surface area contributed by atoms with E-state index >= 15 is 0 Å². The topological polar surface area (TPSA) is 46.6 Å². The van der Waals surface area contributed by atoms with Crippen LogP contribution in [0.15, 0.2) is 0 Å². The van der Waals surface area contributed by atoms with E-state index in [2.05, 4.69) is 0 Å². The zero-order chi connectivity index (χ0) is 10.2. The molecule has 14 heavy (non-hydrogen) atoms. The summed E-state index contributed by atoms with van der Waals surface area (Å²) in [6.45, 7) is 3.89. The average molecular weight is 197 g/mol. The van der Waals surface area contributed by atoms with E-state index in [4.69, 9.17) is 4.74 Å². The fourth-order valence-electron chi connectivity index (χ4n) is 1.90. The minimum Gasteiger partial charge on any atom is -0.380 e. The van der Waals surface area contributed by atoms with Gasteiger partial charge in [0.1, 0.15) is 0 Å². The highest BCUT2D eigenvalue weighted by Crippen LogP contribution is 2.29. The third-order valence-electron chi connectivity index (χ3n) is 2.82. The average Bonchev–Trinajstić information content (AvgIpc) is 2.09. The lowest BCUT2D eigenvalue weighted by atomic mass is 9.87. The molecule has 78 valence electrons. The molecule has 0 unspecified atom stereocenters. The Morgan fingerprint density at radius 2 is 1.86 bits per heavy atom. The van der Waals surface area contributed by atoms with E-state index in [1.165, 1.54) is 4.90 Å². The highest BCUT2D eigenvalue weighted by Gasteiger charge is 2.39. The van der Waals surface area contributed by atoms with Gasteiger partial charge in [-0.1, -0.05) is 6.92 Å². The summed E-state index contributed by atoms with van der Waals surface area (Å²) in [6.07, 6.45) is 1.74. The molecule has 2 rings (SSSR count). The molecule has 0 radical (unpaired) electrons. The smallest absolute Gasteiger partial charge is 0.229 e. The number of amides is 2. The maximum atomic E-state index is 11.5. The van der Waals surface area contributed by atoms with Crippen LogP contribution >= 0.6 is 0 Å². The molecule has 0 saturated carbocycles. The first-order valence-electron chi connectivity index (χ1n) is 5.02. The van der Waals surface area contributed by atoms with Crippen molar-refractivity contribution in [3.05, 3.63) is 0 Å². The normalized spacial score (nSPS) is 26.2. The summed E-state index contributed by atoms with van der Waals surface area (Å²) >= 11 is 0. The molecule has 0 aromatic rings. The maximum Gasteiger partial charge on any atom is 0.229 e. The number of hydrogen-bond donors (Lipinski definition) is 0. The first-order valence-corrected chi connectivity index (χ1v) is 5.02. The lowest BCUT2D eigenvalue weighted by Gasteiger charge is -2.41. The van der Waals surface area contributed by atoms with Gasteiger partial charge in [0.05, 0.1) is 13.2 Å². The van der Waals surface area contributed by atoms with Crippen molar-refractivity contribution in [2.24, 2.45) is 5.41 Å². The molecule has 0 N–H and O–H groups in total. The number of imide groups is 1. The van der Waals surface area contributed by atoms with Crippen molar-refractivity contribution in [2.75, 3.05) is 19.8 Å². The van der Waals surface area contributed by atoms with Gasteiger partial charge >= 0.3 is 0 Å². The number of hydrogen-bond acceptors (Lipinski definition) is 3. The molecule has 0 spiro atoms. The Labute approximate surface area is 83.2 Å². The van der Waals surface area contributed by atoms with Crippen LogP contribution in [0.2, 0.25) is 0 Å². The number of carbonyl (C=O) groups excluding carboxylic acids is 2. The molecule has 2 fully saturated rings. The van der Waals surface area contributed by atoms with E-state index in [1.54, 1.807) is 0 Å². The van der Waals surface area contributed by atoms with Gasteiger partial charge in [0.25, 0.3) is 0 Å². The molecule has 2 saturated heterocycles. The first kappa shape index (κ1) is 9.65. The largest absolute Gasteiger partial charge is 0.380 e. The second kappa shape index (κ2) is 3.35. The van der Waals surface area contributed by atoms with Gasteiger partial charge in [0, 0.05) is 24.8 Å². The van der Waals surface area contributed by atoms with Gasteiger partial charge in [-0.3, -0.25) is 14.5 Å². The Hall–Kier alpha value is -0.900. The standard InChI is InChI=1S/C10H15NO3/c1-10(6-14-7-10)5-11-8(12)3-2-4-9(11)13/h2-7H2,1H3. The minimum absolute atomic E-state index is 0.00264. The fraction of sp³-hybridized carbons (Fsp3) is 0.800. The number of nitrogens with zero attached hydrogens (tertiary/aromatic N) is 1. The van der Waals surface area contributed by atoms with Crippen LogP contribution in [0.3, 0.4) is 0 Å². The van der Waals surface area contributed by atoms with Crippen LogP contribution < -0.4 is 0 Å². The second-order valence-electron chi connectivity index (χ2n) is 4.53. The number of rotatable bonds is 2. The second-order valence-corrected chi connectivity index (χ2v) is 4.53. The summed E-state index contributed by atoms with van der Waals surface area (Å²) in [5.74, 6) is -0.0382. The third kappa shape index (κ3) is 1.66. The number of ether oxygens (including phenoxy) is 1. The number of piperidine rings is 1. The van der Waals surface area contributed by atoms with Gasteiger partial charge in [0.15, 0.2) is 0 Å². The molecule has 0 aromatic carbocycles. The summed E-state index contributed by atoms with van der Waals surface area (Å²) in [7, 11) is 0. The maximum absolute atomic E-state index is 11.5. The molecule has 2 amide bonds. The van der Waals surface area contributed by atoms with E-state index in [-0.39, 0.29) is 17.2 Å². The van der Waals surface area contributed by atoms with Crippen molar-refractivity contribution in [3.8, 4) is 0 Å². The molecule has 2 heterocycles. The lowest BCUT2D eigenvalue weighted by Crippen LogP contribution is -2.53. The van der Waals surface area contributed by atoms with Crippen molar-refractivity contribution < 1.29 is 14.3 Å². The van der Waals surface area contributed by atoms with Crippen LogP contribution in [-0.4, -0.2) is 36.5 Å². The SMILES string of the molecule is CC1(CN2C(=O)CCCC2=O)COC1. The molecule has 2 aliphatic heterocycles. The number of carbonyl (C=O) groups is 2. The molecular formula is C10H15NO3. The van der Waals surface area contributed by atoms with Crippen LogP contribution in [0.1, 0.15) is 26.2 Å². The molecule has 2 aliphatic rings. The van der Waals surface area contributed by atoms with Gasteiger partial charge in [-0.05, 0) is 6.42 Å². The summed E-state index contributed by atoms with van der Waals surface area (Å²) in [5, 5.41) is 0. The van der Waals surface area contributed by atoms with Crippen molar-refractivity contribution in [2.45, 2.75) is 26.2 Å². The number of likely N-dealkylation sites (tertiary alicyclic amines) is 1. The van der Waals surface area contributed by atoms with Crippen LogP contribution in [0.25, 0.3) is 0 Å². The molecular weight excluding hydrogens is 182 g/mol. The Morgan fingerprint density at radius 3 is 2.29 bits per heavy atom. The van der Waals surface area contributed by atoms with Crippen LogP contribution in [-0.2, 0) is 14.3 Å². The summed E-state index contributed by atoms with van der Waals surface area (Å²) < 4.78 is 5.10. The Morgan fingerprint density at radius 1 is 1.29 bits per heavy atom. The molecule has 0 aliphatic carbocycles. The van der Waals surface area contributed by atoms with Gasteiger partial charge in [0.2, 0.25) is 11.8 Å². The van der Waals surface area contributed by atoms with Crippen LogP contribution in [0.4, 0.5) is 0 Å². The lowest BCUT2D eigenvalue weighted by molar-refractivity contribution is -0.159. The monoisotopic (exact) mass is 197 g/mol. The van der Waals surface area contributed by atoms with Crippen LogP contribution in [0.5, 0.6) is 0 Å². The van der Waals surface area contributed by atoms with E-state index in [9.17, 15) is 9.59 Å². The van der Waals surface area contributed by atoms with Gasteiger partial charge in [-0.15, -0.1) is 0 Å². The van der Waals surface area contributed by atoms with Crippen molar-refractivity contribution in [3.63, 3.8) is 0 Å². The molecule has 0 bridgehead atoms. The van der Waals surface area contributed by atoms with E-state index < -0.39 is 0 Å². The van der Waals surface area contributed by atoms with Crippen molar-refractivity contribution >= 4 is 11.8 Å². The highest BCUT2D eigenvalue weighted by molar-refractivity contribution is 5.97. The molecule has 4 nitrogen and oxygen atoms in total. The Kier molecular flexibility index (Phi) is 2.31.